The molecular weight excluding hydrogens is 246 g/mol. The highest BCUT2D eigenvalue weighted by atomic mass is 32.1. The smallest absolute Gasteiger partial charge is 0.268 e. The van der Waals surface area contributed by atoms with E-state index < -0.39 is 30.3 Å². The van der Waals surface area contributed by atoms with Crippen molar-refractivity contribution in [1.82, 2.24) is 4.98 Å². The Kier molecular flexibility index (Phi) is 3.40. The van der Waals surface area contributed by atoms with Gasteiger partial charge < -0.3 is 26.4 Å². The fraction of sp³-hybridized carbons (Fsp3) is 0.556. The van der Waals surface area contributed by atoms with E-state index in [9.17, 15) is 9.90 Å². The lowest BCUT2D eigenvalue weighted by Crippen LogP contribution is -2.40. The third kappa shape index (κ3) is 2.17. The van der Waals surface area contributed by atoms with Crippen molar-refractivity contribution < 1.29 is 19.7 Å². The number of carbonyl (C=O) groups excluding carboxylic acids is 1. The topological polar surface area (TPSA) is 132 Å². The van der Waals surface area contributed by atoms with Gasteiger partial charge in [0, 0.05) is 5.38 Å². The Bertz CT molecular complexity index is 424. The summed E-state index contributed by atoms with van der Waals surface area (Å²) in [5, 5.41) is 20.8. The van der Waals surface area contributed by atoms with Gasteiger partial charge in [0.25, 0.3) is 5.91 Å². The number of thiazole rings is 1. The van der Waals surface area contributed by atoms with Crippen molar-refractivity contribution in [3.63, 3.8) is 0 Å². The molecule has 7 nitrogen and oxygen atoms in total. The molecular formula is C9H13N3O4S. The Labute approximate surface area is 101 Å². The largest absolute Gasteiger partial charge is 0.394 e. The molecule has 0 saturated carbocycles. The van der Waals surface area contributed by atoms with Crippen LogP contribution in [0.1, 0.15) is 21.6 Å². The van der Waals surface area contributed by atoms with Gasteiger partial charge in [-0.05, 0) is 0 Å². The van der Waals surface area contributed by atoms with Crippen LogP contribution in [0, 0.1) is 0 Å². The van der Waals surface area contributed by atoms with E-state index in [0.717, 1.165) is 11.3 Å². The first-order valence-electron chi connectivity index (χ1n) is 4.99. The van der Waals surface area contributed by atoms with E-state index in [1.807, 2.05) is 0 Å². The number of aliphatic hydroxyl groups excluding tert-OH is 2. The average molecular weight is 259 g/mol. The van der Waals surface area contributed by atoms with Crippen molar-refractivity contribution in [2.24, 2.45) is 11.5 Å². The van der Waals surface area contributed by atoms with E-state index in [0.29, 0.717) is 5.01 Å². The maximum Gasteiger partial charge on any atom is 0.268 e. The van der Waals surface area contributed by atoms with Crippen LogP contribution in [0.25, 0.3) is 0 Å². The van der Waals surface area contributed by atoms with E-state index in [1.165, 1.54) is 5.38 Å². The summed E-state index contributed by atoms with van der Waals surface area (Å²) in [6.07, 6.45) is -2.31. The van der Waals surface area contributed by atoms with Crippen molar-refractivity contribution in [1.29, 1.82) is 0 Å². The van der Waals surface area contributed by atoms with Crippen molar-refractivity contribution in [3.05, 3.63) is 16.1 Å². The van der Waals surface area contributed by atoms with Gasteiger partial charge in [-0.2, -0.15) is 0 Å². The lowest BCUT2D eigenvalue weighted by molar-refractivity contribution is -0.0114. The third-order valence-electron chi connectivity index (χ3n) is 2.65. The molecule has 0 spiro atoms. The van der Waals surface area contributed by atoms with Crippen LogP contribution in [0.15, 0.2) is 5.38 Å². The van der Waals surface area contributed by atoms with Gasteiger partial charge in [-0.25, -0.2) is 4.98 Å². The monoisotopic (exact) mass is 259 g/mol. The maximum absolute atomic E-state index is 10.9. The van der Waals surface area contributed by atoms with E-state index in [2.05, 4.69) is 4.98 Å². The lowest BCUT2D eigenvalue weighted by atomic mass is 10.1. The molecule has 1 aliphatic heterocycles. The second-order valence-corrected chi connectivity index (χ2v) is 4.67. The first-order chi connectivity index (χ1) is 8.04. The molecule has 94 valence electrons. The standard InChI is InChI=1S/C9H13N3O4S/c10-5-4(1-13)16-7(6(5)14)9-12-3(2-17-9)8(11)15/h2,4-7,13-14H,1,10H2,(H2,11,15)/t4-,5+,6-,7-/m1/s1. The van der Waals surface area contributed by atoms with Crippen molar-refractivity contribution in [2.45, 2.75) is 24.4 Å². The van der Waals surface area contributed by atoms with Gasteiger partial charge in [-0.15, -0.1) is 11.3 Å². The zero-order valence-corrected chi connectivity index (χ0v) is 9.63. The van der Waals surface area contributed by atoms with Crippen molar-refractivity contribution >= 4 is 17.2 Å². The number of hydrogen-bond acceptors (Lipinski definition) is 7. The quantitative estimate of drug-likeness (QED) is 0.515. The van der Waals surface area contributed by atoms with Gasteiger partial charge in [0.1, 0.15) is 22.9 Å². The molecule has 1 saturated heterocycles. The minimum Gasteiger partial charge on any atom is -0.394 e. The molecule has 1 amide bonds. The lowest BCUT2D eigenvalue weighted by Gasteiger charge is -2.12. The highest BCUT2D eigenvalue weighted by Crippen LogP contribution is 2.34. The number of nitrogens with zero attached hydrogens (tertiary/aromatic N) is 1. The molecule has 17 heavy (non-hydrogen) atoms. The average Bonchev–Trinajstić information content (AvgIpc) is 2.87. The number of aromatic nitrogens is 1. The molecule has 1 aromatic heterocycles. The summed E-state index contributed by atoms with van der Waals surface area (Å²) < 4.78 is 5.39. The normalized spacial score (nSPS) is 32.9. The summed E-state index contributed by atoms with van der Waals surface area (Å²) >= 11 is 1.16. The van der Waals surface area contributed by atoms with Crippen LogP contribution >= 0.6 is 11.3 Å². The van der Waals surface area contributed by atoms with Crippen LogP contribution in [-0.2, 0) is 4.74 Å². The third-order valence-corrected chi connectivity index (χ3v) is 3.56. The summed E-state index contributed by atoms with van der Waals surface area (Å²) in [6, 6.07) is -0.675. The van der Waals surface area contributed by atoms with E-state index in [4.69, 9.17) is 21.3 Å². The summed E-state index contributed by atoms with van der Waals surface area (Å²) in [5.74, 6) is -0.636. The van der Waals surface area contributed by atoms with Gasteiger partial charge in [0.2, 0.25) is 0 Å². The molecule has 4 atom stereocenters. The SMILES string of the molecule is NC(=O)c1csc([C@@H]2O[C@H](CO)[C@H](N)[C@H]2O)n1. The summed E-state index contributed by atoms with van der Waals surface area (Å²) in [4.78, 5) is 14.9. The Hall–Kier alpha value is -1.06. The second-order valence-electron chi connectivity index (χ2n) is 3.78. The molecule has 6 N–H and O–H groups in total. The van der Waals surface area contributed by atoms with Gasteiger partial charge in [0.05, 0.1) is 18.8 Å². The van der Waals surface area contributed by atoms with Crippen LogP contribution in [0.2, 0.25) is 0 Å². The number of rotatable bonds is 3. The van der Waals surface area contributed by atoms with Gasteiger partial charge in [-0.1, -0.05) is 0 Å². The fourth-order valence-corrected chi connectivity index (χ4v) is 2.56. The van der Waals surface area contributed by atoms with E-state index >= 15 is 0 Å². The number of nitrogens with two attached hydrogens (primary N) is 2. The number of amides is 1. The number of aliphatic hydroxyl groups is 2. The first-order valence-corrected chi connectivity index (χ1v) is 5.87. The Balaban J connectivity index is 2.19. The second kappa shape index (κ2) is 4.67. The summed E-state index contributed by atoms with van der Waals surface area (Å²) in [7, 11) is 0. The fourth-order valence-electron chi connectivity index (χ4n) is 1.68. The highest BCUT2D eigenvalue weighted by Gasteiger charge is 2.43. The summed E-state index contributed by atoms with van der Waals surface area (Å²) in [5.41, 5.74) is 10.9. The zero-order chi connectivity index (χ0) is 12.6. The molecule has 1 aromatic rings. The molecule has 0 unspecified atom stereocenters. The predicted octanol–water partition coefficient (Wildman–Crippen LogP) is -1.64. The molecule has 2 rings (SSSR count). The van der Waals surface area contributed by atoms with E-state index in [-0.39, 0.29) is 12.3 Å². The molecule has 0 radical (unpaired) electrons. The molecule has 0 aromatic carbocycles. The molecule has 2 heterocycles. The minimum atomic E-state index is -0.959. The Morgan fingerprint density at radius 2 is 2.35 bits per heavy atom. The van der Waals surface area contributed by atoms with Crippen LogP contribution in [0.5, 0.6) is 0 Å². The molecule has 0 aliphatic carbocycles. The van der Waals surface area contributed by atoms with Gasteiger partial charge in [0.15, 0.2) is 0 Å². The maximum atomic E-state index is 10.9. The van der Waals surface area contributed by atoms with Gasteiger partial charge >= 0.3 is 0 Å². The van der Waals surface area contributed by atoms with E-state index in [1.54, 1.807) is 0 Å². The van der Waals surface area contributed by atoms with Crippen molar-refractivity contribution in [2.75, 3.05) is 6.61 Å². The minimum absolute atomic E-state index is 0.127. The first kappa shape index (κ1) is 12.4. The van der Waals surface area contributed by atoms with Gasteiger partial charge in [-0.3, -0.25) is 4.79 Å². The number of primary amides is 1. The number of ether oxygens (including phenoxy) is 1. The Morgan fingerprint density at radius 3 is 2.82 bits per heavy atom. The molecule has 0 bridgehead atoms. The summed E-state index contributed by atoms with van der Waals surface area (Å²) in [6.45, 7) is -0.275. The molecule has 1 aliphatic rings. The van der Waals surface area contributed by atoms with Crippen LogP contribution in [0.3, 0.4) is 0 Å². The van der Waals surface area contributed by atoms with Crippen molar-refractivity contribution in [3.8, 4) is 0 Å². The molecule has 8 heteroatoms. The molecule has 1 fully saturated rings. The highest BCUT2D eigenvalue weighted by molar-refractivity contribution is 7.09. The number of carbonyl (C=O) groups is 1. The number of hydrogen-bond donors (Lipinski definition) is 4. The Morgan fingerprint density at radius 1 is 1.65 bits per heavy atom. The van der Waals surface area contributed by atoms with Crippen LogP contribution in [0.4, 0.5) is 0 Å². The zero-order valence-electron chi connectivity index (χ0n) is 8.81. The van der Waals surface area contributed by atoms with Crippen LogP contribution in [-0.4, -0.2) is 46.0 Å². The van der Waals surface area contributed by atoms with Crippen LogP contribution < -0.4 is 11.5 Å². The predicted molar refractivity (Wildman–Crippen MR) is 59.3 cm³/mol.